The van der Waals surface area contributed by atoms with Crippen molar-refractivity contribution >= 4 is 5.91 Å². The number of nitrogens with one attached hydrogen (secondary N) is 2. The summed E-state index contributed by atoms with van der Waals surface area (Å²) < 4.78 is 0. The standard InChI is InChI=1S/C14H21N3O2/c18-13-4-2-12(3-5-13)10-16-14(19)11-17-8-1-6-15-7-9-17/h2-5,15,18H,1,6-11H2,(H,16,19). The number of aromatic hydroxyl groups is 1. The van der Waals surface area contributed by atoms with Crippen LogP contribution in [-0.2, 0) is 11.3 Å². The second kappa shape index (κ2) is 7.11. The van der Waals surface area contributed by atoms with Crippen LogP contribution in [-0.4, -0.2) is 48.6 Å². The molecule has 0 spiro atoms. The lowest BCUT2D eigenvalue weighted by Gasteiger charge is -2.18. The Bertz CT molecular complexity index is 398. The van der Waals surface area contributed by atoms with Crippen LogP contribution < -0.4 is 10.6 Å². The third kappa shape index (κ3) is 4.89. The lowest BCUT2D eigenvalue weighted by atomic mass is 10.2. The van der Waals surface area contributed by atoms with E-state index in [1.807, 2.05) is 12.1 Å². The predicted octanol–water partition coefficient (Wildman–Crippen LogP) is 0.304. The van der Waals surface area contributed by atoms with Gasteiger partial charge in [0.15, 0.2) is 0 Å². The zero-order valence-corrected chi connectivity index (χ0v) is 11.1. The van der Waals surface area contributed by atoms with Crippen LogP contribution in [0.15, 0.2) is 24.3 Å². The summed E-state index contributed by atoms with van der Waals surface area (Å²) in [6.45, 7) is 4.84. The molecule has 104 valence electrons. The first-order valence-corrected chi connectivity index (χ1v) is 6.72. The van der Waals surface area contributed by atoms with E-state index in [-0.39, 0.29) is 11.7 Å². The fourth-order valence-electron chi connectivity index (χ4n) is 2.13. The lowest BCUT2D eigenvalue weighted by molar-refractivity contribution is -0.122. The summed E-state index contributed by atoms with van der Waals surface area (Å²) in [5.74, 6) is 0.294. The van der Waals surface area contributed by atoms with Gasteiger partial charge in [-0.15, -0.1) is 0 Å². The molecule has 3 N–H and O–H groups in total. The number of benzene rings is 1. The zero-order valence-electron chi connectivity index (χ0n) is 11.1. The number of nitrogens with zero attached hydrogens (tertiary/aromatic N) is 1. The van der Waals surface area contributed by atoms with Gasteiger partial charge in [-0.1, -0.05) is 12.1 Å². The number of hydrogen-bond acceptors (Lipinski definition) is 4. The van der Waals surface area contributed by atoms with Gasteiger partial charge in [-0.3, -0.25) is 9.69 Å². The molecule has 5 nitrogen and oxygen atoms in total. The van der Waals surface area contributed by atoms with Crippen LogP contribution in [0.2, 0.25) is 0 Å². The quantitative estimate of drug-likeness (QED) is 0.731. The minimum Gasteiger partial charge on any atom is -0.508 e. The van der Waals surface area contributed by atoms with E-state index in [1.54, 1.807) is 12.1 Å². The molecule has 0 aliphatic carbocycles. The molecule has 1 aliphatic heterocycles. The van der Waals surface area contributed by atoms with E-state index in [9.17, 15) is 9.90 Å². The molecule has 5 heteroatoms. The average molecular weight is 263 g/mol. The van der Waals surface area contributed by atoms with E-state index in [4.69, 9.17) is 0 Å². The van der Waals surface area contributed by atoms with Gasteiger partial charge in [-0.05, 0) is 37.2 Å². The minimum absolute atomic E-state index is 0.0509. The third-order valence-corrected chi connectivity index (χ3v) is 3.23. The van der Waals surface area contributed by atoms with E-state index < -0.39 is 0 Å². The van der Waals surface area contributed by atoms with Crippen LogP contribution in [0, 0.1) is 0 Å². The Balaban J connectivity index is 1.73. The topological polar surface area (TPSA) is 64.6 Å². The van der Waals surface area contributed by atoms with E-state index >= 15 is 0 Å². The van der Waals surface area contributed by atoms with Crippen molar-refractivity contribution in [3.8, 4) is 5.75 Å². The molecule has 1 heterocycles. The SMILES string of the molecule is O=C(CN1CCCNCC1)NCc1ccc(O)cc1. The fraction of sp³-hybridized carbons (Fsp3) is 0.500. The van der Waals surface area contributed by atoms with Gasteiger partial charge in [-0.2, -0.15) is 0 Å². The van der Waals surface area contributed by atoms with Gasteiger partial charge in [0.2, 0.25) is 5.91 Å². The Morgan fingerprint density at radius 3 is 2.84 bits per heavy atom. The van der Waals surface area contributed by atoms with Crippen molar-refractivity contribution in [3.05, 3.63) is 29.8 Å². The van der Waals surface area contributed by atoms with E-state index in [0.717, 1.165) is 38.2 Å². The molecule has 0 unspecified atom stereocenters. The molecule has 0 bridgehead atoms. The molecular formula is C14H21N3O2. The van der Waals surface area contributed by atoms with Gasteiger partial charge >= 0.3 is 0 Å². The average Bonchev–Trinajstić information content (AvgIpc) is 2.67. The molecule has 0 saturated carbocycles. The molecular weight excluding hydrogens is 242 g/mol. The zero-order chi connectivity index (χ0) is 13.5. The largest absolute Gasteiger partial charge is 0.508 e. The van der Waals surface area contributed by atoms with E-state index in [1.165, 1.54) is 0 Å². The maximum absolute atomic E-state index is 11.8. The van der Waals surface area contributed by atoms with Crippen molar-refractivity contribution in [2.24, 2.45) is 0 Å². The molecule has 1 aromatic rings. The van der Waals surface area contributed by atoms with Gasteiger partial charge < -0.3 is 15.7 Å². The van der Waals surface area contributed by atoms with Crippen molar-refractivity contribution in [1.82, 2.24) is 15.5 Å². The first-order chi connectivity index (χ1) is 9.24. The summed E-state index contributed by atoms with van der Waals surface area (Å²) >= 11 is 0. The van der Waals surface area contributed by atoms with Crippen LogP contribution in [0.4, 0.5) is 0 Å². The first-order valence-electron chi connectivity index (χ1n) is 6.72. The first kappa shape index (κ1) is 13.8. The van der Waals surface area contributed by atoms with Gasteiger partial charge in [0, 0.05) is 19.6 Å². The predicted molar refractivity (Wildman–Crippen MR) is 73.9 cm³/mol. The number of amides is 1. The number of phenolic OH excluding ortho intramolecular Hbond substituents is 1. The number of hydrogen-bond donors (Lipinski definition) is 3. The molecule has 0 atom stereocenters. The number of phenols is 1. The summed E-state index contributed by atoms with van der Waals surface area (Å²) in [6, 6.07) is 6.88. The Kier molecular flexibility index (Phi) is 5.18. The van der Waals surface area contributed by atoms with Crippen LogP contribution >= 0.6 is 0 Å². The minimum atomic E-state index is 0.0509. The Morgan fingerprint density at radius 2 is 2.05 bits per heavy atom. The maximum atomic E-state index is 11.8. The molecule has 0 radical (unpaired) electrons. The highest BCUT2D eigenvalue weighted by molar-refractivity contribution is 5.78. The second-order valence-electron chi connectivity index (χ2n) is 4.82. The van der Waals surface area contributed by atoms with E-state index in [2.05, 4.69) is 15.5 Å². The molecule has 19 heavy (non-hydrogen) atoms. The molecule has 1 aliphatic rings. The van der Waals surface area contributed by atoms with Crippen LogP contribution in [0.1, 0.15) is 12.0 Å². The Morgan fingerprint density at radius 1 is 1.26 bits per heavy atom. The second-order valence-corrected chi connectivity index (χ2v) is 4.82. The van der Waals surface area contributed by atoms with Gasteiger partial charge in [-0.25, -0.2) is 0 Å². The van der Waals surface area contributed by atoms with Crippen LogP contribution in [0.5, 0.6) is 5.75 Å². The molecule has 1 fully saturated rings. The molecule has 0 aromatic heterocycles. The lowest BCUT2D eigenvalue weighted by Crippen LogP contribution is -2.38. The van der Waals surface area contributed by atoms with Crippen molar-refractivity contribution in [2.75, 3.05) is 32.7 Å². The summed E-state index contributed by atoms with van der Waals surface area (Å²) in [7, 11) is 0. The van der Waals surface area contributed by atoms with Crippen molar-refractivity contribution < 1.29 is 9.90 Å². The molecule has 1 saturated heterocycles. The highest BCUT2D eigenvalue weighted by Crippen LogP contribution is 2.09. The number of rotatable bonds is 4. The van der Waals surface area contributed by atoms with Crippen LogP contribution in [0.25, 0.3) is 0 Å². The van der Waals surface area contributed by atoms with Gasteiger partial charge in [0.25, 0.3) is 0 Å². The van der Waals surface area contributed by atoms with Gasteiger partial charge in [0.1, 0.15) is 5.75 Å². The number of carbonyl (C=O) groups excluding carboxylic acids is 1. The fourth-order valence-corrected chi connectivity index (χ4v) is 2.13. The Labute approximate surface area is 113 Å². The van der Waals surface area contributed by atoms with Crippen molar-refractivity contribution in [3.63, 3.8) is 0 Å². The van der Waals surface area contributed by atoms with E-state index in [0.29, 0.717) is 13.1 Å². The summed E-state index contributed by atoms with van der Waals surface area (Å²) in [6.07, 6.45) is 1.09. The summed E-state index contributed by atoms with van der Waals surface area (Å²) in [5, 5.41) is 15.4. The summed E-state index contributed by atoms with van der Waals surface area (Å²) in [5.41, 5.74) is 0.990. The van der Waals surface area contributed by atoms with Gasteiger partial charge in [0.05, 0.1) is 6.54 Å². The third-order valence-electron chi connectivity index (χ3n) is 3.23. The Hall–Kier alpha value is -1.59. The molecule has 1 amide bonds. The highest BCUT2D eigenvalue weighted by Gasteiger charge is 2.12. The van der Waals surface area contributed by atoms with Crippen LogP contribution in [0.3, 0.4) is 0 Å². The smallest absolute Gasteiger partial charge is 0.234 e. The monoisotopic (exact) mass is 263 g/mol. The normalized spacial score (nSPS) is 16.8. The van der Waals surface area contributed by atoms with Crippen molar-refractivity contribution in [1.29, 1.82) is 0 Å². The maximum Gasteiger partial charge on any atom is 0.234 e. The number of carbonyl (C=O) groups is 1. The summed E-state index contributed by atoms with van der Waals surface area (Å²) in [4.78, 5) is 14.0. The van der Waals surface area contributed by atoms with Crippen molar-refractivity contribution in [2.45, 2.75) is 13.0 Å². The molecule has 2 rings (SSSR count). The highest BCUT2D eigenvalue weighted by atomic mass is 16.3. The molecule has 1 aromatic carbocycles.